The van der Waals surface area contributed by atoms with Crippen LogP contribution in [0, 0.1) is 0 Å². The monoisotopic (exact) mass is 358 g/mol. The van der Waals surface area contributed by atoms with Gasteiger partial charge in [0.15, 0.2) is 0 Å². The fourth-order valence-electron chi connectivity index (χ4n) is 2.33. The number of hydrogen-bond acceptors (Lipinski definition) is 3. The van der Waals surface area contributed by atoms with E-state index in [2.05, 4.69) is 0 Å². The van der Waals surface area contributed by atoms with Crippen LogP contribution >= 0.6 is 0 Å². The Morgan fingerprint density at radius 1 is 0.920 bits per heavy atom. The average Bonchev–Trinajstić information content (AvgIpc) is 2.48. The molecule has 25 heavy (non-hydrogen) atoms. The van der Waals surface area contributed by atoms with E-state index in [9.17, 15) is 22.8 Å². The highest BCUT2D eigenvalue weighted by atomic mass is 19.4. The molecule has 1 aromatic rings. The van der Waals surface area contributed by atoms with Gasteiger partial charge in [-0.05, 0) is 45.6 Å². The maximum absolute atomic E-state index is 12.3. The summed E-state index contributed by atoms with van der Waals surface area (Å²) in [5, 5.41) is 0. The van der Waals surface area contributed by atoms with Crippen LogP contribution in [0.15, 0.2) is 24.3 Å². The highest BCUT2D eigenvalue weighted by Crippen LogP contribution is 2.22. The van der Waals surface area contributed by atoms with Crippen molar-refractivity contribution in [2.75, 3.05) is 0 Å². The van der Waals surface area contributed by atoms with Crippen LogP contribution in [0.25, 0.3) is 0 Å². The molecule has 3 nitrogen and oxygen atoms in total. The number of ether oxygens (including phenoxy) is 1. The Morgan fingerprint density at radius 3 is 2.00 bits per heavy atom. The molecule has 0 aromatic heterocycles. The van der Waals surface area contributed by atoms with Gasteiger partial charge in [0.1, 0.15) is 5.60 Å². The van der Waals surface area contributed by atoms with E-state index in [4.69, 9.17) is 4.74 Å². The molecule has 0 amide bonds. The molecule has 0 heterocycles. The van der Waals surface area contributed by atoms with Gasteiger partial charge in [0, 0.05) is 12.0 Å². The van der Waals surface area contributed by atoms with Crippen LogP contribution in [0.1, 0.15) is 68.8 Å². The number of alkyl halides is 3. The van der Waals surface area contributed by atoms with E-state index >= 15 is 0 Å². The third-order valence-electron chi connectivity index (χ3n) is 3.49. The van der Waals surface area contributed by atoms with E-state index in [1.807, 2.05) is 20.8 Å². The zero-order valence-corrected chi connectivity index (χ0v) is 14.9. The lowest BCUT2D eigenvalue weighted by atomic mass is 10.0. The molecule has 0 saturated carbocycles. The summed E-state index contributed by atoms with van der Waals surface area (Å²) < 4.78 is 42.2. The number of carbonyl (C=O) groups is 2. The lowest BCUT2D eigenvalue weighted by Gasteiger charge is -2.19. The topological polar surface area (TPSA) is 43.4 Å². The van der Waals surface area contributed by atoms with Crippen molar-refractivity contribution in [3.63, 3.8) is 0 Å². The van der Waals surface area contributed by atoms with Crippen molar-refractivity contribution in [2.45, 2.75) is 71.1 Å². The van der Waals surface area contributed by atoms with Crippen molar-refractivity contribution in [3.05, 3.63) is 35.4 Å². The van der Waals surface area contributed by atoms with Gasteiger partial charge in [0.25, 0.3) is 5.78 Å². The van der Waals surface area contributed by atoms with Gasteiger partial charge in [-0.1, -0.05) is 37.1 Å². The third-order valence-corrected chi connectivity index (χ3v) is 3.49. The average molecular weight is 358 g/mol. The molecule has 140 valence electrons. The number of unbranched alkanes of at least 4 members (excludes halogenated alkanes) is 3. The van der Waals surface area contributed by atoms with Crippen LogP contribution < -0.4 is 0 Å². The molecule has 0 N–H and O–H groups in total. The van der Waals surface area contributed by atoms with Gasteiger partial charge in [0.2, 0.25) is 0 Å². The molecule has 0 fully saturated rings. The van der Waals surface area contributed by atoms with E-state index in [1.54, 1.807) is 12.1 Å². The van der Waals surface area contributed by atoms with Gasteiger partial charge >= 0.3 is 12.1 Å². The molecule has 0 radical (unpaired) electrons. The first-order valence-electron chi connectivity index (χ1n) is 8.41. The molecule has 6 heteroatoms. The van der Waals surface area contributed by atoms with Gasteiger partial charge in [-0.3, -0.25) is 9.59 Å². The quantitative estimate of drug-likeness (QED) is 0.361. The van der Waals surface area contributed by atoms with Crippen molar-refractivity contribution < 1.29 is 27.5 Å². The Bertz CT molecular complexity index is 569. The first-order chi connectivity index (χ1) is 11.5. The Morgan fingerprint density at radius 2 is 1.48 bits per heavy atom. The second-order valence-corrected chi connectivity index (χ2v) is 7.02. The summed E-state index contributed by atoms with van der Waals surface area (Å²) in [7, 11) is 0. The van der Waals surface area contributed by atoms with E-state index < -0.39 is 17.6 Å². The summed E-state index contributed by atoms with van der Waals surface area (Å²) >= 11 is 0. The SMILES string of the molecule is CC(C)(C)OC(=O)CCCCCCc1ccc(C(=O)C(F)(F)F)cc1. The van der Waals surface area contributed by atoms with Crippen LogP contribution in [0.2, 0.25) is 0 Å². The van der Waals surface area contributed by atoms with Crippen LogP contribution in [-0.2, 0) is 16.0 Å². The first-order valence-corrected chi connectivity index (χ1v) is 8.41. The van der Waals surface area contributed by atoms with Gasteiger partial charge in [-0.25, -0.2) is 0 Å². The summed E-state index contributed by atoms with van der Waals surface area (Å²) in [5.41, 5.74) is 0.0935. The maximum Gasteiger partial charge on any atom is 0.454 e. The highest BCUT2D eigenvalue weighted by Gasteiger charge is 2.39. The summed E-state index contributed by atoms with van der Waals surface area (Å²) in [4.78, 5) is 22.6. The second-order valence-electron chi connectivity index (χ2n) is 7.02. The van der Waals surface area contributed by atoms with E-state index in [1.165, 1.54) is 12.1 Å². The zero-order valence-electron chi connectivity index (χ0n) is 14.9. The van der Waals surface area contributed by atoms with Crippen LogP contribution in [-0.4, -0.2) is 23.5 Å². The molecule has 0 atom stereocenters. The Balaban J connectivity index is 2.25. The molecule has 0 spiro atoms. The minimum Gasteiger partial charge on any atom is -0.460 e. The molecule has 0 aliphatic heterocycles. The fraction of sp³-hybridized carbons (Fsp3) is 0.579. The zero-order chi connectivity index (χ0) is 19.1. The van der Waals surface area contributed by atoms with Gasteiger partial charge in [-0.2, -0.15) is 13.2 Å². The fourth-order valence-corrected chi connectivity index (χ4v) is 2.33. The van der Waals surface area contributed by atoms with Gasteiger partial charge < -0.3 is 4.74 Å². The first kappa shape index (κ1) is 21.2. The Kier molecular flexibility index (Phi) is 7.64. The Hall–Kier alpha value is -1.85. The second kappa shape index (κ2) is 9.02. The standard InChI is InChI=1S/C19H25F3O3/c1-18(2,3)25-16(23)9-7-5-4-6-8-14-10-12-15(13-11-14)17(24)19(20,21)22/h10-13H,4-9H2,1-3H3. The van der Waals surface area contributed by atoms with Crippen molar-refractivity contribution >= 4 is 11.8 Å². The number of benzene rings is 1. The molecular formula is C19H25F3O3. The van der Waals surface area contributed by atoms with E-state index in [0.29, 0.717) is 6.42 Å². The lowest BCUT2D eigenvalue weighted by molar-refractivity contribution is -0.154. The number of esters is 1. The molecule has 1 rings (SSSR count). The number of aryl methyl sites for hydroxylation is 1. The normalized spacial score (nSPS) is 12.1. The molecule has 0 bridgehead atoms. The number of rotatable bonds is 8. The van der Waals surface area contributed by atoms with E-state index in [0.717, 1.165) is 37.7 Å². The number of carbonyl (C=O) groups excluding carboxylic acids is 2. The van der Waals surface area contributed by atoms with Crippen molar-refractivity contribution in [1.82, 2.24) is 0 Å². The summed E-state index contributed by atoms with van der Waals surface area (Å²) in [5.74, 6) is -2.02. The predicted molar refractivity (Wildman–Crippen MR) is 89.5 cm³/mol. The molecular weight excluding hydrogens is 333 g/mol. The lowest BCUT2D eigenvalue weighted by Crippen LogP contribution is -2.23. The minimum absolute atomic E-state index is 0.197. The summed E-state index contributed by atoms with van der Waals surface area (Å²) in [6, 6.07) is 5.54. The molecule has 0 unspecified atom stereocenters. The third kappa shape index (κ3) is 8.70. The van der Waals surface area contributed by atoms with Crippen molar-refractivity contribution in [1.29, 1.82) is 0 Å². The molecule has 1 aromatic carbocycles. The van der Waals surface area contributed by atoms with E-state index in [-0.39, 0.29) is 11.5 Å². The molecule has 0 saturated heterocycles. The molecule has 0 aliphatic carbocycles. The van der Waals surface area contributed by atoms with Crippen molar-refractivity contribution in [2.24, 2.45) is 0 Å². The Labute approximate surface area is 146 Å². The van der Waals surface area contributed by atoms with Crippen LogP contribution in [0.5, 0.6) is 0 Å². The highest BCUT2D eigenvalue weighted by molar-refractivity contribution is 6.00. The van der Waals surface area contributed by atoms with Crippen LogP contribution in [0.3, 0.4) is 0 Å². The molecule has 0 aliphatic rings. The van der Waals surface area contributed by atoms with Crippen LogP contribution in [0.4, 0.5) is 13.2 Å². The van der Waals surface area contributed by atoms with Gasteiger partial charge in [0.05, 0.1) is 0 Å². The van der Waals surface area contributed by atoms with Gasteiger partial charge in [-0.15, -0.1) is 0 Å². The number of Topliss-reactive ketones (excluding diaryl/α,β-unsaturated/α-hetero) is 1. The smallest absolute Gasteiger partial charge is 0.454 e. The number of halogens is 3. The maximum atomic E-state index is 12.3. The van der Waals surface area contributed by atoms with Crippen molar-refractivity contribution in [3.8, 4) is 0 Å². The predicted octanol–water partition coefficient (Wildman–Crippen LogP) is 5.27. The summed E-state index contributed by atoms with van der Waals surface area (Å²) in [6.45, 7) is 5.50. The summed E-state index contributed by atoms with van der Waals surface area (Å²) in [6.07, 6.45) is -0.265. The minimum atomic E-state index is -4.84. The largest absolute Gasteiger partial charge is 0.460 e. The number of ketones is 1. The number of hydrogen-bond donors (Lipinski definition) is 0.